The number of benzene rings is 2. The molecule has 3 rings (SSSR count). The van der Waals surface area contributed by atoms with Crippen molar-refractivity contribution in [2.45, 2.75) is 40.3 Å². The second-order valence-electron chi connectivity index (χ2n) is 7.86. The van der Waals surface area contributed by atoms with Gasteiger partial charge in [0.1, 0.15) is 0 Å². The smallest absolute Gasteiger partial charge is 0.244 e. The largest absolute Gasteiger partial charge is 0.352 e. The third-order valence-electron chi connectivity index (χ3n) is 5.28. The van der Waals surface area contributed by atoms with Gasteiger partial charge in [-0.25, -0.2) is 0 Å². The highest BCUT2D eigenvalue weighted by molar-refractivity contribution is 5.92. The predicted molar refractivity (Wildman–Crippen MR) is 127 cm³/mol. The van der Waals surface area contributed by atoms with Crippen molar-refractivity contribution in [3.63, 3.8) is 0 Å². The van der Waals surface area contributed by atoms with Crippen molar-refractivity contribution in [1.82, 2.24) is 20.4 Å². The van der Waals surface area contributed by atoms with Crippen LogP contribution in [0.3, 0.4) is 0 Å². The van der Waals surface area contributed by atoms with Gasteiger partial charge in [-0.1, -0.05) is 60.2 Å². The fraction of sp³-hybridized carbons (Fsp3) is 0.269. The number of nitrogens with zero attached hydrogens (tertiary/aromatic N) is 2. The van der Waals surface area contributed by atoms with Gasteiger partial charge >= 0.3 is 0 Å². The van der Waals surface area contributed by atoms with Crippen LogP contribution in [0.5, 0.6) is 0 Å². The molecule has 0 aliphatic rings. The zero-order valence-corrected chi connectivity index (χ0v) is 18.9. The molecule has 166 valence electrons. The molecule has 6 nitrogen and oxygen atoms in total. The Hall–Kier alpha value is -3.67. The van der Waals surface area contributed by atoms with Gasteiger partial charge in [-0.05, 0) is 38.0 Å². The molecule has 0 unspecified atom stereocenters. The summed E-state index contributed by atoms with van der Waals surface area (Å²) >= 11 is 0. The molecule has 3 aromatic rings. The molecule has 0 aliphatic carbocycles. The molecule has 0 saturated carbocycles. The summed E-state index contributed by atoms with van der Waals surface area (Å²) in [5.41, 5.74) is 6.27. The van der Waals surface area contributed by atoms with E-state index in [9.17, 15) is 9.59 Å². The van der Waals surface area contributed by atoms with Gasteiger partial charge in [-0.15, -0.1) is 0 Å². The molecule has 0 saturated heterocycles. The van der Waals surface area contributed by atoms with Crippen LogP contribution in [0.15, 0.2) is 60.7 Å². The summed E-state index contributed by atoms with van der Waals surface area (Å²) < 4.78 is 1.95. The minimum Gasteiger partial charge on any atom is -0.352 e. The lowest BCUT2D eigenvalue weighted by Crippen LogP contribution is -2.29. The van der Waals surface area contributed by atoms with Crippen LogP contribution >= 0.6 is 0 Å². The molecule has 0 aliphatic heterocycles. The number of aryl methyl sites for hydroxylation is 2. The lowest BCUT2D eigenvalue weighted by molar-refractivity contribution is -0.121. The van der Waals surface area contributed by atoms with Crippen LogP contribution in [0.25, 0.3) is 6.08 Å². The zero-order chi connectivity index (χ0) is 22.9. The molecule has 2 aromatic carbocycles. The minimum atomic E-state index is -0.231. The van der Waals surface area contributed by atoms with Crippen LogP contribution in [0, 0.1) is 20.8 Å². The van der Waals surface area contributed by atoms with E-state index in [0.29, 0.717) is 13.1 Å². The van der Waals surface area contributed by atoms with Crippen LogP contribution in [0.4, 0.5) is 0 Å². The molecule has 0 bridgehead atoms. The maximum absolute atomic E-state index is 12.2. The first-order chi connectivity index (χ1) is 15.4. The molecular weight excluding hydrogens is 400 g/mol. The molecule has 1 aromatic heterocycles. The van der Waals surface area contributed by atoms with Gasteiger partial charge in [0.25, 0.3) is 0 Å². The van der Waals surface area contributed by atoms with Crippen LogP contribution < -0.4 is 10.6 Å². The van der Waals surface area contributed by atoms with Crippen LogP contribution in [0.1, 0.15) is 40.1 Å². The first-order valence-corrected chi connectivity index (χ1v) is 10.8. The van der Waals surface area contributed by atoms with Gasteiger partial charge in [-0.3, -0.25) is 14.3 Å². The van der Waals surface area contributed by atoms with E-state index < -0.39 is 0 Å². The second kappa shape index (κ2) is 11.1. The fourth-order valence-electron chi connectivity index (χ4n) is 3.37. The van der Waals surface area contributed by atoms with Crippen molar-refractivity contribution < 1.29 is 9.59 Å². The number of hydrogen-bond donors (Lipinski definition) is 2. The number of rotatable bonds is 9. The molecule has 0 spiro atoms. The molecule has 0 fully saturated rings. The molecule has 2 N–H and O–H groups in total. The van der Waals surface area contributed by atoms with Crippen LogP contribution in [-0.4, -0.2) is 28.1 Å². The summed E-state index contributed by atoms with van der Waals surface area (Å²) in [5.74, 6) is -0.326. The molecule has 6 heteroatoms. The number of aromatic nitrogens is 2. The average Bonchev–Trinajstić information content (AvgIpc) is 3.05. The Bertz CT molecular complexity index is 1080. The lowest BCUT2D eigenvalue weighted by Gasteiger charge is -2.06. The van der Waals surface area contributed by atoms with Gasteiger partial charge in [0.15, 0.2) is 0 Å². The molecule has 1 heterocycles. The Morgan fingerprint density at radius 2 is 1.66 bits per heavy atom. The van der Waals surface area contributed by atoms with E-state index in [0.717, 1.165) is 22.5 Å². The van der Waals surface area contributed by atoms with Crippen LogP contribution in [0.2, 0.25) is 0 Å². The molecule has 32 heavy (non-hydrogen) atoms. The molecule has 0 radical (unpaired) electrons. The van der Waals surface area contributed by atoms with Crippen molar-refractivity contribution in [2.24, 2.45) is 0 Å². The Kier molecular flexibility index (Phi) is 7.97. The minimum absolute atomic E-state index is 0.0952. The third-order valence-corrected chi connectivity index (χ3v) is 5.28. The van der Waals surface area contributed by atoms with Crippen molar-refractivity contribution >= 4 is 17.9 Å². The predicted octanol–water partition coefficient (Wildman–Crippen LogP) is 3.69. The van der Waals surface area contributed by atoms with E-state index in [1.54, 1.807) is 6.08 Å². The molecular formula is C26H30N4O2. The zero-order valence-electron chi connectivity index (χ0n) is 18.9. The molecule has 2 amide bonds. The monoisotopic (exact) mass is 430 g/mol. The first kappa shape index (κ1) is 23.0. The molecule has 0 atom stereocenters. The van der Waals surface area contributed by atoms with Crippen molar-refractivity contribution in [3.8, 4) is 0 Å². The number of nitrogens with one attached hydrogen (secondary N) is 2. The van der Waals surface area contributed by atoms with Crippen molar-refractivity contribution in [1.29, 1.82) is 0 Å². The number of carbonyl (C=O) groups excluding carboxylic acids is 2. The average molecular weight is 431 g/mol. The van der Waals surface area contributed by atoms with E-state index >= 15 is 0 Å². The highest BCUT2D eigenvalue weighted by Crippen LogP contribution is 2.16. The van der Waals surface area contributed by atoms with Crippen LogP contribution in [-0.2, 0) is 22.7 Å². The Balaban J connectivity index is 1.47. The summed E-state index contributed by atoms with van der Waals surface area (Å²) in [5, 5.41) is 10.2. The highest BCUT2D eigenvalue weighted by Gasteiger charge is 2.10. The number of carbonyl (C=O) groups is 2. The maximum atomic E-state index is 12.2. The van der Waals surface area contributed by atoms with Gasteiger partial charge in [0.05, 0.1) is 12.2 Å². The Morgan fingerprint density at radius 1 is 0.938 bits per heavy atom. The van der Waals surface area contributed by atoms with Gasteiger partial charge in [-0.2, -0.15) is 5.10 Å². The van der Waals surface area contributed by atoms with E-state index in [4.69, 9.17) is 0 Å². The third kappa shape index (κ3) is 6.67. The Morgan fingerprint density at radius 3 is 2.38 bits per heavy atom. The summed E-state index contributed by atoms with van der Waals surface area (Å²) in [6.07, 6.45) is 3.52. The van der Waals surface area contributed by atoms with Crippen molar-refractivity contribution in [2.75, 3.05) is 6.54 Å². The standard InChI is InChI=1S/C26H30N4O2/c1-19-9-11-23(12-10-19)18-30-21(3)24(20(2)29-30)13-14-25(31)27-16-15-26(32)28-17-22-7-5-4-6-8-22/h4-14H,15-18H2,1-3H3,(H,27,31)(H,28,32)/b14-13+. The second-order valence-corrected chi connectivity index (χ2v) is 7.86. The first-order valence-electron chi connectivity index (χ1n) is 10.8. The summed E-state index contributed by atoms with van der Waals surface area (Å²) in [4.78, 5) is 24.1. The topological polar surface area (TPSA) is 76.0 Å². The van der Waals surface area contributed by atoms with E-state index in [1.165, 1.54) is 17.2 Å². The maximum Gasteiger partial charge on any atom is 0.244 e. The highest BCUT2D eigenvalue weighted by atomic mass is 16.2. The Labute approximate surface area is 189 Å². The van der Waals surface area contributed by atoms with E-state index in [1.807, 2.05) is 48.9 Å². The van der Waals surface area contributed by atoms with Gasteiger partial charge in [0.2, 0.25) is 11.8 Å². The van der Waals surface area contributed by atoms with Gasteiger partial charge < -0.3 is 10.6 Å². The number of amides is 2. The summed E-state index contributed by atoms with van der Waals surface area (Å²) in [6.45, 7) is 7.46. The number of hydrogen-bond acceptors (Lipinski definition) is 3. The van der Waals surface area contributed by atoms with Gasteiger partial charge in [0, 0.05) is 36.8 Å². The summed E-state index contributed by atoms with van der Waals surface area (Å²) in [7, 11) is 0. The lowest BCUT2D eigenvalue weighted by atomic mass is 10.1. The quantitative estimate of drug-likeness (QED) is 0.509. The van der Waals surface area contributed by atoms with E-state index in [-0.39, 0.29) is 24.8 Å². The van der Waals surface area contributed by atoms with Crippen molar-refractivity contribution in [3.05, 3.63) is 94.3 Å². The fourth-order valence-corrected chi connectivity index (χ4v) is 3.37. The SMILES string of the molecule is Cc1ccc(Cn2nc(C)c(/C=C/C(=O)NCCC(=O)NCc3ccccc3)c2C)cc1. The van der Waals surface area contributed by atoms with E-state index in [2.05, 4.69) is 46.9 Å². The summed E-state index contributed by atoms with van der Waals surface area (Å²) in [6, 6.07) is 18.1. The normalized spacial score (nSPS) is 11.0.